The average molecular weight is 340 g/mol. The van der Waals surface area contributed by atoms with Crippen molar-refractivity contribution in [2.24, 2.45) is 0 Å². The van der Waals surface area contributed by atoms with E-state index in [1.165, 1.54) is 25.3 Å². The predicted octanol–water partition coefficient (Wildman–Crippen LogP) is 1.48. The minimum absolute atomic E-state index is 0.194. The second kappa shape index (κ2) is 4.48. The first-order valence-corrected chi connectivity index (χ1v) is 6.91. The summed E-state index contributed by atoms with van der Waals surface area (Å²) >= 11 is 1.90. The molecule has 0 aliphatic heterocycles. The first-order chi connectivity index (χ1) is 6.86. The summed E-state index contributed by atoms with van der Waals surface area (Å²) in [6, 6.07) is 4.29. The van der Waals surface area contributed by atoms with Gasteiger partial charge in [0.05, 0.1) is 17.6 Å². The summed E-state index contributed by atoms with van der Waals surface area (Å²) < 4.78 is 27.5. The van der Waals surface area contributed by atoms with Crippen molar-refractivity contribution in [2.45, 2.75) is 4.90 Å². The van der Waals surface area contributed by atoms with Crippen molar-refractivity contribution in [1.29, 1.82) is 0 Å². The number of hydrogen-bond donors (Lipinski definition) is 0. The highest BCUT2D eigenvalue weighted by molar-refractivity contribution is 14.1. The Morgan fingerprint density at radius 3 is 2.40 bits per heavy atom. The molecule has 0 spiro atoms. The molecular formula is C9H9IO4S. The van der Waals surface area contributed by atoms with Crippen LogP contribution in [0.4, 0.5) is 0 Å². The van der Waals surface area contributed by atoms with Crippen molar-refractivity contribution in [3.8, 4) is 0 Å². The van der Waals surface area contributed by atoms with Crippen molar-refractivity contribution in [3.63, 3.8) is 0 Å². The van der Waals surface area contributed by atoms with Crippen LogP contribution in [0.5, 0.6) is 0 Å². The van der Waals surface area contributed by atoms with Gasteiger partial charge in [0.15, 0.2) is 9.84 Å². The summed E-state index contributed by atoms with van der Waals surface area (Å²) in [5, 5.41) is 0. The molecule has 1 rings (SSSR count). The lowest BCUT2D eigenvalue weighted by molar-refractivity contribution is 0.0599. The Morgan fingerprint density at radius 2 is 2.00 bits per heavy atom. The van der Waals surface area contributed by atoms with Gasteiger partial charge in [0.25, 0.3) is 0 Å². The zero-order valence-corrected chi connectivity index (χ0v) is 11.1. The molecule has 0 saturated heterocycles. The summed E-state index contributed by atoms with van der Waals surface area (Å²) in [5.41, 5.74) is 0.366. The third-order valence-electron chi connectivity index (χ3n) is 1.77. The molecule has 0 fully saturated rings. The zero-order valence-electron chi connectivity index (χ0n) is 8.15. The highest BCUT2D eigenvalue weighted by Gasteiger charge is 2.14. The number of carbonyl (C=O) groups is 1. The molecule has 0 radical (unpaired) electrons. The Kier molecular flexibility index (Phi) is 3.72. The molecule has 0 atom stereocenters. The molecule has 0 aliphatic rings. The fourth-order valence-electron chi connectivity index (χ4n) is 1.00. The highest BCUT2D eigenvalue weighted by Crippen LogP contribution is 2.18. The van der Waals surface area contributed by atoms with E-state index in [0.29, 0.717) is 9.13 Å². The minimum atomic E-state index is -3.23. The van der Waals surface area contributed by atoms with Crippen LogP contribution in [0.2, 0.25) is 0 Å². The highest BCUT2D eigenvalue weighted by atomic mass is 127. The van der Waals surface area contributed by atoms with Crippen molar-refractivity contribution in [3.05, 3.63) is 27.3 Å². The predicted molar refractivity (Wildman–Crippen MR) is 63.6 cm³/mol. The maximum atomic E-state index is 11.2. The van der Waals surface area contributed by atoms with E-state index in [1.807, 2.05) is 22.6 Å². The Balaban J connectivity index is 3.27. The monoisotopic (exact) mass is 340 g/mol. The van der Waals surface area contributed by atoms with E-state index < -0.39 is 15.8 Å². The number of esters is 1. The van der Waals surface area contributed by atoms with E-state index in [9.17, 15) is 13.2 Å². The smallest absolute Gasteiger partial charge is 0.338 e. The van der Waals surface area contributed by atoms with E-state index in [-0.39, 0.29) is 4.90 Å². The Bertz CT molecular complexity index is 493. The number of sulfone groups is 1. The third-order valence-corrected chi connectivity index (χ3v) is 3.78. The number of rotatable bonds is 2. The van der Waals surface area contributed by atoms with E-state index >= 15 is 0 Å². The molecule has 0 heterocycles. The standard InChI is InChI=1S/C9H9IO4S/c1-14-9(11)7-4-3-6(5-8(7)10)15(2,12)13/h3-5H,1-2H3. The number of benzene rings is 1. The van der Waals surface area contributed by atoms with Crippen molar-refractivity contribution >= 4 is 38.4 Å². The fraction of sp³-hybridized carbons (Fsp3) is 0.222. The van der Waals surface area contributed by atoms with Gasteiger partial charge in [-0.3, -0.25) is 0 Å². The molecule has 1 aromatic carbocycles. The van der Waals surface area contributed by atoms with Crippen LogP contribution in [0.3, 0.4) is 0 Å². The Labute approximate surface area is 102 Å². The van der Waals surface area contributed by atoms with E-state index in [0.717, 1.165) is 6.26 Å². The molecule has 4 nitrogen and oxygen atoms in total. The summed E-state index contributed by atoms with van der Waals surface area (Å²) in [6.45, 7) is 0. The van der Waals surface area contributed by atoms with E-state index in [1.54, 1.807) is 0 Å². The lowest BCUT2D eigenvalue weighted by Gasteiger charge is -2.04. The summed E-state index contributed by atoms with van der Waals surface area (Å²) in [6.07, 6.45) is 1.12. The van der Waals surface area contributed by atoms with Gasteiger partial charge >= 0.3 is 5.97 Å². The van der Waals surface area contributed by atoms with Crippen LogP contribution in [0.25, 0.3) is 0 Å². The molecule has 0 bridgehead atoms. The van der Waals surface area contributed by atoms with Crippen LogP contribution in [-0.4, -0.2) is 27.8 Å². The van der Waals surface area contributed by atoms with Crippen LogP contribution in [0.15, 0.2) is 23.1 Å². The molecule has 0 amide bonds. The minimum Gasteiger partial charge on any atom is -0.465 e. The molecule has 82 valence electrons. The van der Waals surface area contributed by atoms with Crippen molar-refractivity contribution in [2.75, 3.05) is 13.4 Å². The Morgan fingerprint density at radius 1 is 1.40 bits per heavy atom. The van der Waals surface area contributed by atoms with Crippen molar-refractivity contribution in [1.82, 2.24) is 0 Å². The van der Waals surface area contributed by atoms with Crippen molar-refractivity contribution < 1.29 is 17.9 Å². The van der Waals surface area contributed by atoms with Gasteiger partial charge in [0.2, 0.25) is 0 Å². The average Bonchev–Trinajstić information content (AvgIpc) is 2.15. The van der Waals surface area contributed by atoms with Crippen LogP contribution in [0, 0.1) is 3.57 Å². The third kappa shape index (κ3) is 2.91. The summed E-state index contributed by atoms with van der Waals surface area (Å²) in [4.78, 5) is 11.4. The van der Waals surface area contributed by atoms with Gasteiger partial charge in [-0.05, 0) is 40.8 Å². The van der Waals surface area contributed by atoms with E-state index in [2.05, 4.69) is 4.74 Å². The summed E-state index contributed by atoms with van der Waals surface area (Å²) in [5.74, 6) is -0.473. The maximum Gasteiger partial charge on any atom is 0.338 e. The van der Waals surface area contributed by atoms with Gasteiger partial charge in [0.1, 0.15) is 0 Å². The molecule has 1 aromatic rings. The van der Waals surface area contributed by atoms with Crippen LogP contribution in [-0.2, 0) is 14.6 Å². The molecule has 0 saturated carbocycles. The number of carbonyl (C=O) groups excluding carboxylic acids is 1. The SMILES string of the molecule is COC(=O)c1ccc(S(C)(=O)=O)cc1I. The molecule has 15 heavy (non-hydrogen) atoms. The second-order valence-electron chi connectivity index (χ2n) is 2.91. The fourth-order valence-corrected chi connectivity index (χ4v) is 2.60. The van der Waals surface area contributed by atoms with Gasteiger partial charge in [-0.2, -0.15) is 0 Å². The first-order valence-electron chi connectivity index (χ1n) is 3.94. The lowest BCUT2D eigenvalue weighted by Crippen LogP contribution is -2.05. The van der Waals surface area contributed by atoms with E-state index in [4.69, 9.17) is 0 Å². The van der Waals surface area contributed by atoms with Gasteiger partial charge in [-0.15, -0.1) is 0 Å². The lowest BCUT2D eigenvalue weighted by atomic mass is 10.2. The van der Waals surface area contributed by atoms with Gasteiger partial charge in [0, 0.05) is 9.83 Å². The van der Waals surface area contributed by atoms with Gasteiger partial charge in [-0.1, -0.05) is 0 Å². The molecule has 0 unspecified atom stereocenters. The van der Waals surface area contributed by atoms with Crippen LogP contribution < -0.4 is 0 Å². The number of hydrogen-bond acceptors (Lipinski definition) is 4. The summed E-state index contributed by atoms with van der Waals surface area (Å²) in [7, 11) is -1.95. The van der Waals surface area contributed by atoms with Gasteiger partial charge < -0.3 is 4.74 Å². The molecule has 0 N–H and O–H groups in total. The second-order valence-corrected chi connectivity index (χ2v) is 6.08. The van der Waals surface area contributed by atoms with Crippen LogP contribution in [0.1, 0.15) is 10.4 Å². The quantitative estimate of drug-likeness (QED) is 0.605. The normalized spacial score (nSPS) is 11.1. The molecule has 6 heteroatoms. The largest absolute Gasteiger partial charge is 0.465 e. The number of halogens is 1. The number of ether oxygens (including phenoxy) is 1. The molecular weight excluding hydrogens is 331 g/mol. The van der Waals surface area contributed by atoms with Crippen LogP contribution >= 0.6 is 22.6 Å². The Hall–Kier alpha value is -0.630. The molecule has 0 aromatic heterocycles. The van der Waals surface area contributed by atoms with Gasteiger partial charge in [-0.25, -0.2) is 13.2 Å². The number of methoxy groups -OCH3 is 1. The maximum absolute atomic E-state index is 11.2. The zero-order chi connectivity index (χ0) is 11.6. The molecule has 0 aliphatic carbocycles. The first kappa shape index (κ1) is 12.4. The topological polar surface area (TPSA) is 60.4 Å².